The van der Waals surface area contributed by atoms with Crippen molar-refractivity contribution in [2.45, 2.75) is 25.9 Å². The summed E-state index contributed by atoms with van der Waals surface area (Å²) in [5.41, 5.74) is -0.804. The molecule has 0 aliphatic carbocycles. The fourth-order valence-electron chi connectivity index (χ4n) is 2.17. The molecule has 0 fully saturated rings. The average molecular weight is 300 g/mol. The third-order valence-corrected chi connectivity index (χ3v) is 3.18. The van der Waals surface area contributed by atoms with Gasteiger partial charge in [0.15, 0.2) is 0 Å². The van der Waals surface area contributed by atoms with Crippen LogP contribution in [0.3, 0.4) is 0 Å². The smallest absolute Gasteiger partial charge is 0.206 e. The number of aryl methyl sites for hydroxylation is 1. The molecule has 2 aromatic carbocycles. The van der Waals surface area contributed by atoms with Gasteiger partial charge in [-0.2, -0.15) is 13.2 Å². The maximum atomic E-state index is 14.0. The van der Waals surface area contributed by atoms with Crippen LogP contribution < -0.4 is 0 Å². The zero-order valence-corrected chi connectivity index (χ0v) is 11.3. The van der Waals surface area contributed by atoms with E-state index >= 15 is 0 Å². The Morgan fingerprint density at radius 3 is 2.05 bits per heavy atom. The summed E-state index contributed by atoms with van der Waals surface area (Å²) in [5, 5.41) is 0. The number of halogens is 5. The van der Waals surface area contributed by atoms with Crippen molar-refractivity contribution in [3.05, 3.63) is 59.2 Å². The zero-order valence-electron chi connectivity index (χ0n) is 11.3. The number of benzene rings is 2. The van der Waals surface area contributed by atoms with Gasteiger partial charge in [0.1, 0.15) is 17.2 Å². The van der Waals surface area contributed by atoms with Gasteiger partial charge >= 0.3 is 6.18 Å². The van der Waals surface area contributed by atoms with E-state index in [4.69, 9.17) is 0 Å². The first-order chi connectivity index (χ1) is 9.84. The second kappa shape index (κ2) is 5.84. The quantitative estimate of drug-likeness (QED) is 0.647. The van der Waals surface area contributed by atoms with Gasteiger partial charge in [0.05, 0.1) is 0 Å². The molecular weight excluding hydrogens is 287 g/mol. The van der Waals surface area contributed by atoms with Gasteiger partial charge in [0.2, 0.25) is 0 Å². The highest BCUT2D eigenvalue weighted by molar-refractivity contribution is 5.65. The van der Waals surface area contributed by atoms with Crippen LogP contribution in [-0.2, 0) is 12.6 Å². The Bertz CT molecular complexity index is 626. The standard InChI is InChI=1S/C16H13F5/c1-2-3-10-4-6-11(7-5-10)12-8-9-13(17)14(15(12)18)16(19,20)21/h4-9H,2-3H2,1H3. The van der Waals surface area contributed by atoms with Crippen molar-refractivity contribution in [2.75, 3.05) is 0 Å². The Hall–Kier alpha value is -1.91. The first-order valence-electron chi connectivity index (χ1n) is 6.49. The normalized spacial score (nSPS) is 11.7. The number of alkyl halides is 3. The van der Waals surface area contributed by atoms with Gasteiger partial charge in [-0.3, -0.25) is 0 Å². The monoisotopic (exact) mass is 300 g/mol. The van der Waals surface area contributed by atoms with Gasteiger partial charge in [-0.15, -0.1) is 0 Å². The highest BCUT2D eigenvalue weighted by Gasteiger charge is 2.38. The maximum Gasteiger partial charge on any atom is 0.422 e. The third-order valence-electron chi connectivity index (χ3n) is 3.18. The van der Waals surface area contributed by atoms with Gasteiger partial charge < -0.3 is 0 Å². The second-order valence-electron chi connectivity index (χ2n) is 4.73. The lowest BCUT2D eigenvalue weighted by atomic mass is 9.99. The molecule has 0 nitrogen and oxygen atoms in total. The molecule has 2 aromatic rings. The highest BCUT2D eigenvalue weighted by Crippen LogP contribution is 2.37. The van der Waals surface area contributed by atoms with Crippen molar-refractivity contribution in [2.24, 2.45) is 0 Å². The molecule has 0 atom stereocenters. The summed E-state index contributed by atoms with van der Waals surface area (Å²) in [6, 6.07) is 8.21. The molecule has 21 heavy (non-hydrogen) atoms. The molecule has 0 radical (unpaired) electrons. The molecule has 0 unspecified atom stereocenters. The summed E-state index contributed by atoms with van der Waals surface area (Å²) >= 11 is 0. The molecule has 0 saturated heterocycles. The van der Waals surface area contributed by atoms with Crippen LogP contribution in [0.4, 0.5) is 22.0 Å². The van der Waals surface area contributed by atoms with E-state index in [-0.39, 0.29) is 11.1 Å². The van der Waals surface area contributed by atoms with Gasteiger partial charge in [-0.25, -0.2) is 8.78 Å². The average Bonchev–Trinajstić information content (AvgIpc) is 2.39. The van der Waals surface area contributed by atoms with Crippen LogP contribution in [-0.4, -0.2) is 0 Å². The molecule has 0 saturated carbocycles. The summed E-state index contributed by atoms with van der Waals surface area (Å²) in [6.07, 6.45) is -3.30. The van der Waals surface area contributed by atoms with Crippen LogP contribution >= 0.6 is 0 Å². The first-order valence-corrected chi connectivity index (χ1v) is 6.49. The van der Waals surface area contributed by atoms with Crippen molar-refractivity contribution in [1.29, 1.82) is 0 Å². The van der Waals surface area contributed by atoms with E-state index in [9.17, 15) is 22.0 Å². The van der Waals surface area contributed by atoms with E-state index in [0.717, 1.165) is 24.5 Å². The SMILES string of the molecule is CCCc1ccc(-c2ccc(F)c(C(F)(F)F)c2F)cc1. The molecule has 0 N–H and O–H groups in total. The lowest BCUT2D eigenvalue weighted by Gasteiger charge is -2.13. The fourth-order valence-corrected chi connectivity index (χ4v) is 2.17. The molecule has 0 amide bonds. The van der Waals surface area contributed by atoms with Gasteiger partial charge in [-0.05, 0) is 29.7 Å². The van der Waals surface area contributed by atoms with E-state index in [1.807, 2.05) is 6.92 Å². The van der Waals surface area contributed by atoms with Crippen LogP contribution in [0.5, 0.6) is 0 Å². The van der Waals surface area contributed by atoms with Crippen molar-refractivity contribution >= 4 is 0 Å². The largest absolute Gasteiger partial charge is 0.422 e. The summed E-state index contributed by atoms with van der Waals surface area (Å²) in [4.78, 5) is 0. The second-order valence-corrected chi connectivity index (χ2v) is 4.73. The van der Waals surface area contributed by atoms with Crippen LogP contribution in [0, 0.1) is 11.6 Å². The number of hydrogen-bond donors (Lipinski definition) is 0. The Morgan fingerprint density at radius 1 is 0.905 bits per heavy atom. The van der Waals surface area contributed by atoms with Gasteiger partial charge in [0.25, 0.3) is 0 Å². The molecule has 0 bridgehead atoms. The Kier molecular flexibility index (Phi) is 4.30. The number of rotatable bonds is 3. The van der Waals surface area contributed by atoms with E-state index in [0.29, 0.717) is 6.07 Å². The van der Waals surface area contributed by atoms with E-state index in [2.05, 4.69) is 0 Å². The minimum atomic E-state index is -5.06. The van der Waals surface area contributed by atoms with Crippen molar-refractivity contribution in [1.82, 2.24) is 0 Å². The van der Waals surface area contributed by atoms with E-state index < -0.39 is 23.4 Å². The van der Waals surface area contributed by atoms with Gasteiger partial charge in [-0.1, -0.05) is 37.6 Å². The minimum Gasteiger partial charge on any atom is -0.206 e. The Labute approximate surface area is 119 Å². The zero-order chi connectivity index (χ0) is 15.6. The fraction of sp³-hybridized carbons (Fsp3) is 0.250. The predicted molar refractivity (Wildman–Crippen MR) is 70.8 cm³/mol. The number of hydrogen-bond acceptors (Lipinski definition) is 0. The minimum absolute atomic E-state index is 0.258. The highest BCUT2D eigenvalue weighted by atomic mass is 19.4. The molecule has 0 spiro atoms. The van der Waals surface area contributed by atoms with Crippen LogP contribution in [0.15, 0.2) is 36.4 Å². The summed E-state index contributed by atoms with van der Waals surface area (Å²) in [7, 11) is 0. The van der Waals surface area contributed by atoms with E-state index in [1.54, 1.807) is 24.3 Å². The van der Waals surface area contributed by atoms with Crippen LogP contribution in [0.1, 0.15) is 24.5 Å². The maximum absolute atomic E-state index is 14.0. The summed E-state index contributed by atoms with van der Waals surface area (Å²) < 4.78 is 65.3. The third kappa shape index (κ3) is 3.23. The first kappa shape index (κ1) is 15.5. The summed E-state index contributed by atoms with van der Waals surface area (Å²) in [5.74, 6) is -3.18. The molecule has 0 aliphatic heterocycles. The topological polar surface area (TPSA) is 0 Å². The van der Waals surface area contributed by atoms with Gasteiger partial charge in [0, 0.05) is 5.56 Å². The van der Waals surface area contributed by atoms with E-state index in [1.165, 1.54) is 0 Å². The lowest BCUT2D eigenvalue weighted by Crippen LogP contribution is -2.12. The molecule has 112 valence electrons. The van der Waals surface area contributed by atoms with Crippen molar-refractivity contribution in [3.63, 3.8) is 0 Å². The molecule has 2 rings (SSSR count). The molecule has 0 aliphatic rings. The Morgan fingerprint density at radius 2 is 1.52 bits per heavy atom. The molecular formula is C16H13F5. The van der Waals surface area contributed by atoms with Crippen LogP contribution in [0.25, 0.3) is 11.1 Å². The molecule has 5 heteroatoms. The van der Waals surface area contributed by atoms with Crippen molar-refractivity contribution in [3.8, 4) is 11.1 Å². The predicted octanol–water partition coefficient (Wildman–Crippen LogP) is 5.60. The Balaban J connectivity index is 2.50. The van der Waals surface area contributed by atoms with Crippen LogP contribution in [0.2, 0.25) is 0 Å². The molecule has 0 aromatic heterocycles. The molecule has 0 heterocycles. The van der Waals surface area contributed by atoms with Crippen molar-refractivity contribution < 1.29 is 22.0 Å². The summed E-state index contributed by atoms with van der Waals surface area (Å²) in [6.45, 7) is 2.00. The lowest BCUT2D eigenvalue weighted by molar-refractivity contribution is -0.142.